The van der Waals surface area contributed by atoms with Crippen LogP contribution in [0.25, 0.3) is 0 Å². The van der Waals surface area contributed by atoms with Crippen LogP contribution < -0.4 is 0 Å². The van der Waals surface area contributed by atoms with Gasteiger partial charge in [0.2, 0.25) is 0 Å². The molecule has 0 radical (unpaired) electrons. The van der Waals surface area contributed by atoms with E-state index >= 15 is 0 Å². The summed E-state index contributed by atoms with van der Waals surface area (Å²) in [5, 5.41) is 0. The Balaban J connectivity index is 2.32. The Labute approximate surface area is 78.5 Å². The third kappa shape index (κ3) is 4.65. The van der Waals surface area contributed by atoms with E-state index in [1.807, 2.05) is 0 Å². The number of esters is 1. The van der Waals surface area contributed by atoms with E-state index in [2.05, 4.69) is 0 Å². The summed E-state index contributed by atoms with van der Waals surface area (Å²) in [6, 6.07) is 0. The average Bonchev–Trinajstić information content (AvgIpc) is 2.15. The van der Waals surface area contributed by atoms with Crippen LogP contribution in [0.15, 0.2) is 0 Å². The summed E-state index contributed by atoms with van der Waals surface area (Å²) >= 11 is 0. The van der Waals surface area contributed by atoms with Gasteiger partial charge in [0.25, 0.3) is 0 Å². The van der Waals surface area contributed by atoms with Crippen molar-refractivity contribution >= 4 is 11.8 Å². The lowest BCUT2D eigenvalue weighted by Gasteiger charge is -2.01. The van der Waals surface area contributed by atoms with Crippen LogP contribution in [0.5, 0.6) is 0 Å². The van der Waals surface area contributed by atoms with E-state index in [-0.39, 0.29) is 18.4 Å². The van der Waals surface area contributed by atoms with Crippen molar-refractivity contribution in [2.24, 2.45) is 0 Å². The Morgan fingerprint density at radius 1 is 0.846 bits per heavy atom. The number of Topliss-reactive ketones (excluding diaryl/α,β-unsaturated/α-hetero) is 1. The molecule has 0 aromatic rings. The minimum atomic E-state index is -0.227. The molecule has 13 heavy (non-hydrogen) atoms. The average molecular weight is 184 g/mol. The lowest BCUT2D eigenvalue weighted by atomic mass is 10.1. The van der Waals surface area contributed by atoms with E-state index in [9.17, 15) is 9.59 Å². The van der Waals surface area contributed by atoms with Crippen LogP contribution >= 0.6 is 0 Å². The third-order valence-corrected chi connectivity index (χ3v) is 2.23. The summed E-state index contributed by atoms with van der Waals surface area (Å²) in [5.41, 5.74) is 0. The van der Waals surface area contributed by atoms with Gasteiger partial charge in [-0.2, -0.15) is 0 Å². The first-order valence-corrected chi connectivity index (χ1v) is 4.96. The fourth-order valence-corrected chi connectivity index (χ4v) is 1.43. The summed E-state index contributed by atoms with van der Waals surface area (Å²) in [7, 11) is 0. The topological polar surface area (TPSA) is 43.4 Å². The van der Waals surface area contributed by atoms with Gasteiger partial charge in [-0.25, -0.2) is 0 Å². The second-order valence-electron chi connectivity index (χ2n) is 3.47. The number of rotatable bonds is 0. The number of carbonyl (C=O) groups is 2. The highest BCUT2D eigenvalue weighted by Crippen LogP contribution is 2.09. The molecule has 3 nitrogen and oxygen atoms in total. The summed E-state index contributed by atoms with van der Waals surface area (Å²) in [5.74, 6) is -0.175. The Bertz CT molecular complexity index is 167. The number of hydrogen-bond acceptors (Lipinski definition) is 3. The van der Waals surface area contributed by atoms with Crippen molar-refractivity contribution in [3.63, 3.8) is 0 Å². The first kappa shape index (κ1) is 10.2. The van der Waals surface area contributed by atoms with Crippen molar-refractivity contribution in [2.75, 3.05) is 6.61 Å². The molecule has 1 rings (SSSR count). The van der Waals surface area contributed by atoms with Gasteiger partial charge in [0, 0.05) is 12.8 Å². The van der Waals surface area contributed by atoms with Gasteiger partial charge >= 0.3 is 5.97 Å². The maximum atomic E-state index is 11.1. The molecule has 0 bridgehead atoms. The number of hydrogen-bond donors (Lipinski definition) is 0. The smallest absolute Gasteiger partial charge is 0.306 e. The molecule has 3 heteroatoms. The van der Waals surface area contributed by atoms with Crippen LogP contribution in [0.2, 0.25) is 0 Å². The van der Waals surface area contributed by atoms with Crippen molar-refractivity contribution in [3.05, 3.63) is 0 Å². The second-order valence-corrected chi connectivity index (χ2v) is 3.47. The van der Waals surface area contributed by atoms with Crippen LogP contribution in [0.3, 0.4) is 0 Å². The molecule has 0 aliphatic carbocycles. The van der Waals surface area contributed by atoms with Crippen molar-refractivity contribution in [1.29, 1.82) is 0 Å². The van der Waals surface area contributed by atoms with E-state index in [0.717, 1.165) is 32.1 Å². The van der Waals surface area contributed by atoms with Gasteiger partial charge in [-0.05, 0) is 12.8 Å². The van der Waals surface area contributed by atoms with Gasteiger partial charge < -0.3 is 4.74 Å². The fourth-order valence-electron chi connectivity index (χ4n) is 1.43. The van der Waals surface area contributed by atoms with Crippen molar-refractivity contribution in [2.45, 2.75) is 44.9 Å². The zero-order valence-electron chi connectivity index (χ0n) is 7.88. The summed E-state index contributed by atoms with van der Waals surface area (Å²) in [4.78, 5) is 22.1. The maximum absolute atomic E-state index is 11.1. The lowest BCUT2D eigenvalue weighted by Crippen LogP contribution is -2.12. The molecule has 0 atom stereocenters. The van der Waals surface area contributed by atoms with Gasteiger partial charge in [0.1, 0.15) is 6.61 Å². The number of ether oxygens (including phenoxy) is 1. The number of cyclic esters (lactones) is 1. The highest BCUT2D eigenvalue weighted by atomic mass is 16.5. The van der Waals surface area contributed by atoms with Crippen LogP contribution in [0.1, 0.15) is 44.9 Å². The summed E-state index contributed by atoms with van der Waals surface area (Å²) in [6.45, 7) is -0.0150. The molecule has 0 unspecified atom stereocenters. The number of ketones is 1. The van der Waals surface area contributed by atoms with Gasteiger partial charge in [-0.3, -0.25) is 9.59 Å². The SMILES string of the molecule is O=C1CCCCCCCC(=O)OC1. The molecule has 1 aliphatic rings. The normalized spacial score (nSPS) is 21.8. The molecule has 1 aliphatic heterocycles. The van der Waals surface area contributed by atoms with E-state index in [1.165, 1.54) is 0 Å². The Morgan fingerprint density at radius 2 is 1.46 bits per heavy atom. The molecule has 1 saturated heterocycles. The molecule has 74 valence electrons. The Kier molecular flexibility index (Phi) is 4.50. The van der Waals surface area contributed by atoms with E-state index in [4.69, 9.17) is 4.74 Å². The zero-order valence-corrected chi connectivity index (χ0v) is 7.88. The molecule has 0 amide bonds. The Hall–Kier alpha value is -0.860. The van der Waals surface area contributed by atoms with Crippen LogP contribution in [-0.2, 0) is 14.3 Å². The molecular formula is C10H16O3. The minimum absolute atomic E-state index is 0.0150. The van der Waals surface area contributed by atoms with Crippen LogP contribution in [0, 0.1) is 0 Å². The minimum Gasteiger partial charge on any atom is -0.458 e. The van der Waals surface area contributed by atoms with Gasteiger partial charge in [0.05, 0.1) is 0 Å². The molecule has 0 aromatic heterocycles. The van der Waals surface area contributed by atoms with Crippen molar-refractivity contribution < 1.29 is 14.3 Å². The molecule has 0 saturated carbocycles. The second kappa shape index (κ2) is 5.73. The highest BCUT2D eigenvalue weighted by molar-refractivity contribution is 5.82. The Morgan fingerprint density at radius 3 is 2.23 bits per heavy atom. The maximum Gasteiger partial charge on any atom is 0.306 e. The molecule has 0 N–H and O–H groups in total. The fraction of sp³-hybridized carbons (Fsp3) is 0.800. The molecule has 0 spiro atoms. The van der Waals surface area contributed by atoms with E-state index in [1.54, 1.807) is 0 Å². The predicted molar refractivity (Wildman–Crippen MR) is 48.3 cm³/mol. The molecule has 0 aromatic carbocycles. The molecule has 1 fully saturated rings. The number of carbonyl (C=O) groups excluding carboxylic acids is 2. The van der Waals surface area contributed by atoms with Crippen LogP contribution in [-0.4, -0.2) is 18.4 Å². The van der Waals surface area contributed by atoms with Gasteiger partial charge in [-0.1, -0.05) is 19.3 Å². The van der Waals surface area contributed by atoms with Crippen LogP contribution in [0.4, 0.5) is 0 Å². The highest BCUT2D eigenvalue weighted by Gasteiger charge is 2.08. The first-order chi connectivity index (χ1) is 6.29. The van der Waals surface area contributed by atoms with Crippen molar-refractivity contribution in [1.82, 2.24) is 0 Å². The first-order valence-electron chi connectivity index (χ1n) is 4.96. The zero-order chi connectivity index (χ0) is 9.52. The van der Waals surface area contributed by atoms with E-state index < -0.39 is 0 Å². The molecular weight excluding hydrogens is 168 g/mol. The third-order valence-electron chi connectivity index (χ3n) is 2.23. The van der Waals surface area contributed by atoms with Gasteiger partial charge in [-0.15, -0.1) is 0 Å². The van der Waals surface area contributed by atoms with Crippen molar-refractivity contribution in [3.8, 4) is 0 Å². The summed E-state index contributed by atoms with van der Waals surface area (Å²) < 4.78 is 4.80. The predicted octanol–water partition coefficient (Wildman–Crippen LogP) is 1.84. The van der Waals surface area contributed by atoms with Gasteiger partial charge in [0.15, 0.2) is 5.78 Å². The van der Waals surface area contributed by atoms with E-state index in [0.29, 0.717) is 12.8 Å². The lowest BCUT2D eigenvalue weighted by molar-refractivity contribution is -0.148. The molecule has 1 heterocycles. The largest absolute Gasteiger partial charge is 0.458 e. The summed E-state index contributed by atoms with van der Waals surface area (Å²) in [6.07, 6.45) is 6.16. The quantitative estimate of drug-likeness (QED) is 0.539. The monoisotopic (exact) mass is 184 g/mol. The standard InChI is InChI=1S/C10H16O3/c11-9-6-4-2-1-3-5-7-10(12)13-8-9/h1-8H2.